The van der Waals surface area contributed by atoms with Crippen molar-refractivity contribution in [1.82, 2.24) is 0 Å². The number of ether oxygens (including phenoxy) is 1. The number of carbonyl (C=O) groups is 1. The molecule has 0 fully saturated rings. The minimum Gasteiger partial charge on any atom is -0.488 e. The van der Waals surface area contributed by atoms with E-state index in [9.17, 15) is 13.6 Å². The lowest BCUT2D eigenvalue weighted by Gasteiger charge is -2.21. The molecule has 0 radical (unpaired) electrons. The first kappa shape index (κ1) is 14.4. The van der Waals surface area contributed by atoms with Crippen LogP contribution in [0.4, 0.5) is 8.78 Å². The van der Waals surface area contributed by atoms with E-state index in [4.69, 9.17) is 4.74 Å². The average Bonchev–Trinajstić information content (AvgIpc) is 2.46. The van der Waals surface area contributed by atoms with Crippen molar-refractivity contribution in [3.63, 3.8) is 0 Å². The minimum atomic E-state index is -0.939. The van der Waals surface area contributed by atoms with Gasteiger partial charge in [0, 0.05) is 5.57 Å². The van der Waals surface area contributed by atoms with E-state index < -0.39 is 11.6 Å². The largest absolute Gasteiger partial charge is 0.488 e. The van der Waals surface area contributed by atoms with Crippen molar-refractivity contribution >= 4 is 11.9 Å². The zero-order valence-corrected chi connectivity index (χ0v) is 12.2. The Labute approximate surface area is 127 Å². The van der Waals surface area contributed by atoms with E-state index in [1.807, 2.05) is 19.9 Å². The van der Waals surface area contributed by atoms with Crippen LogP contribution in [0.2, 0.25) is 0 Å². The maximum atomic E-state index is 13.3. The molecular formula is C18H14F2O2. The van der Waals surface area contributed by atoms with Gasteiger partial charge in [-0.1, -0.05) is 12.1 Å². The molecule has 0 aliphatic carbocycles. The SMILES string of the molecule is Cc1cc(C)c2c(c1)C(=O)/C(=C\c1ccc(F)c(F)c1)CO2. The Morgan fingerprint density at radius 3 is 2.59 bits per heavy atom. The van der Waals surface area contributed by atoms with Gasteiger partial charge in [0.15, 0.2) is 17.4 Å². The van der Waals surface area contributed by atoms with Crippen molar-refractivity contribution in [2.45, 2.75) is 13.8 Å². The van der Waals surface area contributed by atoms with Gasteiger partial charge in [-0.15, -0.1) is 0 Å². The molecule has 1 aliphatic heterocycles. The van der Waals surface area contributed by atoms with E-state index in [2.05, 4.69) is 0 Å². The highest BCUT2D eigenvalue weighted by Crippen LogP contribution is 2.32. The van der Waals surface area contributed by atoms with Gasteiger partial charge >= 0.3 is 0 Å². The van der Waals surface area contributed by atoms with Gasteiger partial charge in [0.05, 0.1) is 5.56 Å². The summed E-state index contributed by atoms with van der Waals surface area (Å²) in [5, 5.41) is 0. The first-order valence-corrected chi connectivity index (χ1v) is 6.90. The maximum absolute atomic E-state index is 13.3. The summed E-state index contributed by atoms with van der Waals surface area (Å²) in [6, 6.07) is 7.26. The molecule has 0 unspecified atom stereocenters. The average molecular weight is 300 g/mol. The number of carbonyl (C=O) groups excluding carboxylic acids is 1. The van der Waals surface area contributed by atoms with Crippen LogP contribution in [0.15, 0.2) is 35.9 Å². The van der Waals surface area contributed by atoms with Crippen molar-refractivity contribution in [3.8, 4) is 5.75 Å². The Morgan fingerprint density at radius 1 is 1.09 bits per heavy atom. The first-order chi connectivity index (χ1) is 10.5. The van der Waals surface area contributed by atoms with Crippen molar-refractivity contribution in [1.29, 1.82) is 0 Å². The van der Waals surface area contributed by atoms with Gasteiger partial charge in [-0.05, 0) is 54.8 Å². The van der Waals surface area contributed by atoms with Gasteiger partial charge in [-0.3, -0.25) is 4.79 Å². The van der Waals surface area contributed by atoms with E-state index in [0.29, 0.717) is 22.4 Å². The van der Waals surface area contributed by atoms with Crippen molar-refractivity contribution in [2.24, 2.45) is 0 Å². The molecule has 1 heterocycles. The summed E-state index contributed by atoms with van der Waals surface area (Å²) in [7, 11) is 0. The Bertz CT molecular complexity index is 807. The van der Waals surface area contributed by atoms with Crippen LogP contribution in [0, 0.1) is 25.5 Å². The summed E-state index contributed by atoms with van der Waals surface area (Å²) in [5.74, 6) is -1.40. The lowest BCUT2D eigenvalue weighted by molar-refractivity contribution is 0.100. The predicted molar refractivity (Wildman–Crippen MR) is 80.1 cm³/mol. The van der Waals surface area contributed by atoms with Crippen molar-refractivity contribution in [3.05, 3.63) is 69.8 Å². The molecule has 0 bridgehead atoms. The molecule has 112 valence electrons. The summed E-state index contributed by atoms with van der Waals surface area (Å²) in [5.41, 5.74) is 3.25. The number of rotatable bonds is 1. The van der Waals surface area contributed by atoms with Crippen LogP contribution in [0.1, 0.15) is 27.0 Å². The van der Waals surface area contributed by atoms with E-state index in [1.165, 1.54) is 12.1 Å². The summed E-state index contributed by atoms with van der Waals surface area (Å²) in [4.78, 5) is 12.6. The number of halogens is 2. The number of aryl methyl sites for hydroxylation is 2. The van der Waals surface area contributed by atoms with E-state index in [1.54, 1.807) is 6.07 Å². The number of hydrogen-bond donors (Lipinski definition) is 0. The Hall–Kier alpha value is -2.49. The highest BCUT2D eigenvalue weighted by molar-refractivity contribution is 6.14. The standard InChI is InChI=1S/C18H14F2O2/c1-10-5-11(2)18-14(6-10)17(21)13(9-22-18)7-12-3-4-15(19)16(20)8-12/h3-8H,9H2,1-2H3/b13-7-. The van der Waals surface area contributed by atoms with Crippen LogP contribution in [-0.4, -0.2) is 12.4 Å². The number of fused-ring (bicyclic) bond motifs is 1. The molecule has 3 rings (SSSR count). The van der Waals surface area contributed by atoms with Crippen LogP contribution >= 0.6 is 0 Å². The van der Waals surface area contributed by atoms with E-state index in [-0.39, 0.29) is 12.4 Å². The normalized spacial score (nSPS) is 15.6. The lowest BCUT2D eigenvalue weighted by Crippen LogP contribution is -2.20. The van der Waals surface area contributed by atoms with Crippen LogP contribution in [0.5, 0.6) is 5.75 Å². The van der Waals surface area contributed by atoms with Gasteiger partial charge in [0.25, 0.3) is 0 Å². The molecule has 4 heteroatoms. The molecule has 0 saturated heterocycles. The quantitative estimate of drug-likeness (QED) is 0.736. The smallest absolute Gasteiger partial charge is 0.196 e. The molecule has 2 aromatic carbocycles. The Kier molecular flexibility index (Phi) is 3.53. The fourth-order valence-electron chi connectivity index (χ4n) is 2.61. The van der Waals surface area contributed by atoms with Gasteiger partial charge in [-0.25, -0.2) is 8.78 Å². The number of Topliss-reactive ketones (excluding diaryl/α,β-unsaturated/α-hetero) is 1. The fourth-order valence-corrected chi connectivity index (χ4v) is 2.61. The number of hydrogen-bond acceptors (Lipinski definition) is 2. The number of ketones is 1. The Balaban J connectivity index is 2.02. The molecule has 0 atom stereocenters. The van der Waals surface area contributed by atoms with Crippen molar-refractivity contribution in [2.75, 3.05) is 6.61 Å². The third-order valence-corrected chi connectivity index (χ3v) is 3.61. The van der Waals surface area contributed by atoms with Crippen LogP contribution in [0.3, 0.4) is 0 Å². The zero-order valence-electron chi connectivity index (χ0n) is 12.2. The molecule has 0 saturated carbocycles. The van der Waals surface area contributed by atoms with Gasteiger partial charge < -0.3 is 4.74 Å². The maximum Gasteiger partial charge on any atom is 0.196 e. The second-order valence-corrected chi connectivity index (χ2v) is 5.42. The summed E-state index contributed by atoms with van der Waals surface area (Å²) in [6.45, 7) is 3.92. The van der Waals surface area contributed by atoms with Gasteiger partial charge in [0.2, 0.25) is 0 Å². The van der Waals surface area contributed by atoms with E-state index >= 15 is 0 Å². The van der Waals surface area contributed by atoms with Gasteiger partial charge in [-0.2, -0.15) is 0 Å². The highest BCUT2D eigenvalue weighted by atomic mass is 19.2. The zero-order chi connectivity index (χ0) is 15.9. The lowest BCUT2D eigenvalue weighted by atomic mass is 9.95. The van der Waals surface area contributed by atoms with Gasteiger partial charge in [0.1, 0.15) is 12.4 Å². The molecule has 2 aromatic rings. The first-order valence-electron chi connectivity index (χ1n) is 6.90. The third-order valence-electron chi connectivity index (χ3n) is 3.61. The van der Waals surface area contributed by atoms with Crippen LogP contribution < -0.4 is 4.74 Å². The third kappa shape index (κ3) is 2.52. The fraction of sp³-hybridized carbons (Fsp3) is 0.167. The summed E-state index contributed by atoms with van der Waals surface area (Å²) >= 11 is 0. The predicted octanol–water partition coefficient (Wildman–Crippen LogP) is 4.24. The molecule has 1 aliphatic rings. The molecule has 22 heavy (non-hydrogen) atoms. The second-order valence-electron chi connectivity index (χ2n) is 5.42. The van der Waals surface area contributed by atoms with Crippen molar-refractivity contribution < 1.29 is 18.3 Å². The topological polar surface area (TPSA) is 26.3 Å². The summed E-state index contributed by atoms with van der Waals surface area (Å²) in [6.07, 6.45) is 1.53. The monoisotopic (exact) mass is 300 g/mol. The highest BCUT2D eigenvalue weighted by Gasteiger charge is 2.25. The molecule has 0 amide bonds. The molecule has 0 aromatic heterocycles. The molecular weight excluding hydrogens is 286 g/mol. The summed E-state index contributed by atoms with van der Waals surface area (Å²) < 4.78 is 31.9. The minimum absolute atomic E-state index is 0.120. The number of benzene rings is 2. The van der Waals surface area contributed by atoms with E-state index in [0.717, 1.165) is 23.3 Å². The van der Waals surface area contributed by atoms with Crippen LogP contribution in [-0.2, 0) is 0 Å². The molecule has 2 nitrogen and oxygen atoms in total. The molecule has 0 N–H and O–H groups in total. The Morgan fingerprint density at radius 2 is 1.86 bits per heavy atom. The molecule has 0 spiro atoms. The van der Waals surface area contributed by atoms with Crippen LogP contribution in [0.25, 0.3) is 6.08 Å². The second kappa shape index (κ2) is 5.37.